The molecule has 8 heteroatoms. The molecule has 1 aliphatic heterocycles. The lowest BCUT2D eigenvalue weighted by Crippen LogP contribution is -2.35. The highest BCUT2D eigenvalue weighted by Gasteiger charge is 2.27. The number of nitrogens with zero attached hydrogens (tertiary/aromatic N) is 3. The second kappa shape index (κ2) is 6.32. The second-order valence-corrected chi connectivity index (χ2v) is 5.75. The van der Waals surface area contributed by atoms with Gasteiger partial charge in [-0.1, -0.05) is 6.07 Å². The molecule has 1 atom stereocenters. The third-order valence-electron chi connectivity index (χ3n) is 3.96. The summed E-state index contributed by atoms with van der Waals surface area (Å²) in [4.78, 5) is 25.8. The normalized spacial score (nSPS) is 15.6. The van der Waals surface area contributed by atoms with Gasteiger partial charge in [0.05, 0.1) is 29.3 Å². The van der Waals surface area contributed by atoms with Crippen LogP contribution in [0.15, 0.2) is 54.9 Å². The van der Waals surface area contributed by atoms with Crippen LogP contribution in [0, 0.1) is 0 Å². The molecule has 1 aromatic heterocycles. The molecule has 0 radical (unpaired) electrons. The number of para-hydroxylation sites is 1. The zero-order valence-corrected chi connectivity index (χ0v) is 13.8. The Balaban J connectivity index is 1.56. The standard InChI is InChI=1S/C18H15N5O3/c1-11-17(24)22-15-4-2-3-14(16(15)26-11)18(25)21-12-5-7-13(8-6-12)23-19-9-10-20-23/h2-11H,1H3,(H,21,25)(H,22,24). The lowest BCUT2D eigenvalue weighted by atomic mass is 10.1. The van der Waals surface area contributed by atoms with E-state index in [0.717, 1.165) is 5.69 Å². The van der Waals surface area contributed by atoms with Crippen LogP contribution in [0.25, 0.3) is 5.69 Å². The van der Waals surface area contributed by atoms with Gasteiger partial charge in [-0.25, -0.2) is 0 Å². The Bertz CT molecular complexity index is 967. The first-order valence-corrected chi connectivity index (χ1v) is 8.00. The Kier molecular flexibility index (Phi) is 3.85. The minimum atomic E-state index is -0.655. The van der Waals surface area contributed by atoms with E-state index < -0.39 is 6.10 Å². The number of carbonyl (C=O) groups excluding carboxylic acids is 2. The number of aromatic nitrogens is 3. The average Bonchev–Trinajstić information content (AvgIpc) is 3.17. The third kappa shape index (κ3) is 2.88. The van der Waals surface area contributed by atoms with Crippen LogP contribution in [-0.4, -0.2) is 32.9 Å². The van der Waals surface area contributed by atoms with Crippen molar-refractivity contribution in [3.63, 3.8) is 0 Å². The summed E-state index contributed by atoms with van der Waals surface area (Å²) in [6.07, 6.45) is 2.53. The van der Waals surface area contributed by atoms with Crippen LogP contribution in [0.2, 0.25) is 0 Å². The summed E-state index contributed by atoms with van der Waals surface area (Å²) in [6, 6.07) is 12.2. The third-order valence-corrected chi connectivity index (χ3v) is 3.96. The van der Waals surface area contributed by atoms with Crippen LogP contribution in [0.4, 0.5) is 11.4 Å². The highest BCUT2D eigenvalue weighted by molar-refractivity contribution is 6.09. The van der Waals surface area contributed by atoms with Crippen LogP contribution in [0.5, 0.6) is 5.75 Å². The topological polar surface area (TPSA) is 98.1 Å². The van der Waals surface area contributed by atoms with Gasteiger partial charge in [-0.3, -0.25) is 9.59 Å². The van der Waals surface area contributed by atoms with Gasteiger partial charge in [0, 0.05) is 5.69 Å². The molecule has 0 spiro atoms. The SMILES string of the molecule is CC1Oc2c(cccc2C(=O)Nc2ccc(-n3nccn3)cc2)NC1=O. The molecule has 130 valence electrons. The molecule has 4 rings (SSSR count). The number of benzene rings is 2. The minimum Gasteiger partial charge on any atom is -0.478 e. The van der Waals surface area contributed by atoms with E-state index in [2.05, 4.69) is 20.8 Å². The molecule has 2 aromatic carbocycles. The maximum absolute atomic E-state index is 12.7. The summed E-state index contributed by atoms with van der Waals surface area (Å²) in [5, 5.41) is 13.7. The summed E-state index contributed by atoms with van der Waals surface area (Å²) in [7, 11) is 0. The molecule has 0 fully saturated rings. The smallest absolute Gasteiger partial charge is 0.265 e. The zero-order valence-electron chi connectivity index (χ0n) is 13.8. The van der Waals surface area contributed by atoms with E-state index in [4.69, 9.17) is 4.74 Å². The highest BCUT2D eigenvalue weighted by atomic mass is 16.5. The Morgan fingerprint density at radius 2 is 1.88 bits per heavy atom. The molecule has 3 aromatic rings. The number of carbonyl (C=O) groups is 2. The predicted molar refractivity (Wildman–Crippen MR) is 94.5 cm³/mol. The van der Waals surface area contributed by atoms with Crippen molar-refractivity contribution in [2.75, 3.05) is 10.6 Å². The molecule has 1 aliphatic rings. The van der Waals surface area contributed by atoms with Gasteiger partial charge in [-0.05, 0) is 43.3 Å². The largest absolute Gasteiger partial charge is 0.478 e. The lowest BCUT2D eigenvalue weighted by Gasteiger charge is -2.25. The highest BCUT2D eigenvalue weighted by Crippen LogP contribution is 2.33. The number of amides is 2. The molecule has 26 heavy (non-hydrogen) atoms. The number of fused-ring (bicyclic) bond motifs is 1. The van der Waals surface area contributed by atoms with Crippen LogP contribution in [0.3, 0.4) is 0 Å². The zero-order chi connectivity index (χ0) is 18.1. The summed E-state index contributed by atoms with van der Waals surface area (Å²) in [5.74, 6) is -0.192. The van der Waals surface area contributed by atoms with Gasteiger partial charge in [0.15, 0.2) is 11.9 Å². The fourth-order valence-electron chi connectivity index (χ4n) is 2.63. The second-order valence-electron chi connectivity index (χ2n) is 5.75. The molecular formula is C18H15N5O3. The van der Waals surface area contributed by atoms with Crippen LogP contribution in [-0.2, 0) is 4.79 Å². The predicted octanol–water partition coefficient (Wildman–Crippen LogP) is 2.24. The van der Waals surface area contributed by atoms with Gasteiger partial charge in [-0.15, -0.1) is 0 Å². The Morgan fingerprint density at radius 1 is 1.15 bits per heavy atom. The molecule has 2 heterocycles. The molecule has 2 N–H and O–H groups in total. The van der Waals surface area contributed by atoms with E-state index in [0.29, 0.717) is 22.7 Å². The summed E-state index contributed by atoms with van der Waals surface area (Å²) in [6.45, 7) is 1.63. The first-order chi connectivity index (χ1) is 12.6. The van der Waals surface area contributed by atoms with Crippen molar-refractivity contribution < 1.29 is 14.3 Å². The molecule has 0 aliphatic carbocycles. The van der Waals surface area contributed by atoms with Crippen LogP contribution >= 0.6 is 0 Å². The molecule has 8 nitrogen and oxygen atoms in total. The van der Waals surface area contributed by atoms with Gasteiger partial charge in [0.1, 0.15) is 0 Å². The Labute approximate surface area is 148 Å². The summed E-state index contributed by atoms with van der Waals surface area (Å²) in [5.41, 5.74) is 2.24. The minimum absolute atomic E-state index is 0.238. The van der Waals surface area contributed by atoms with Crippen LogP contribution < -0.4 is 15.4 Å². The number of rotatable bonds is 3. The molecule has 1 unspecified atom stereocenters. The first-order valence-electron chi connectivity index (χ1n) is 8.00. The van der Waals surface area contributed by atoms with E-state index >= 15 is 0 Å². The maximum Gasteiger partial charge on any atom is 0.265 e. The van der Waals surface area contributed by atoms with Crippen molar-refractivity contribution in [1.29, 1.82) is 0 Å². The van der Waals surface area contributed by atoms with Crippen LogP contribution in [0.1, 0.15) is 17.3 Å². The number of ether oxygens (including phenoxy) is 1. The van der Waals surface area contributed by atoms with Crippen molar-refractivity contribution in [3.8, 4) is 11.4 Å². The van der Waals surface area contributed by atoms with Gasteiger partial charge in [0.25, 0.3) is 11.8 Å². The molecule has 0 bridgehead atoms. The number of hydrogen-bond acceptors (Lipinski definition) is 5. The van der Waals surface area contributed by atoms with Crippen molar-refractivity contribution in [2.45, 2.75) is 13.0 Å². The van der Waals surface area contributed by atoms with Gasteiger partial charge < -0.3 is 15.4 Å². The summed E-state index contributed by atoms with van der Waals surface area (Å²) < 4.78 is 5.61. The van der Waals surface area contributed by atoms with Crippen molar-refractivity contribution >= 4 is 23.2 Å². The Hall–Kier alpha value is -3.68. The Morgan fingerprint density at radius 3 is 2.62 bits per heavy atom. The molecular weight excluding hydrogens is 334 g/mol. The quantitative estimate of drug-likeness (QED) is 0.756. The lowest BCUT2D eigenvalue weighted by molar-refractivity contribution is -0.122. The monoisotopic (exact) mass is 349 g/mol. The number of anilines is 2. The molecule has 0 saturated carbocycles. The molecule has 2 amide bonds. The van der Waals surface area contributed by atoms with Crippen molar-refractivity contribution in [1.82, 2.24) is 15.0 Å². The van der Waals surface area contributed by atoms with E-state index in [9.17, 15) is 9.59 Å². The van der Waals surface area contributed by atoms with Crippen molar-refractivity contribution in [3.05, 3.63) is 60.4 Å². The first kappa shape index (κ1) is 15.8. The van der Waals surface area contributed by atoms with E-state index in [1.165, 1.54) is 4.80 Å². The average molecular weight is 349 g/mol. The fraction of sp³-hybridized carbons (Fsp3) is 0.111. The van der Waals surface area contributed by atoms with E-state index in [1.807, 2.05) is 0 Å². The van der Waals surface area contributed by atoms with Gasteiger partial charge in [0.2, 0.25) is 0 Å². The van der Waals surface area contributed by atoms with E-state index in [-0.39, 0.29) is 11.8 Å². The molecule has 0 saturated heterocycles. The fourth-order valence-corrected chi connectivity index (χ4v) is 2.63. The van der Waals surface area contributed by atoms with E-state index in [1.54, 1.807) is 61.8 Å². The van der Waals surface area contributed by atoms with Gasteiger partial charge >= 0.3 is 0 Å². The summed E-state index contributed by atoms with van der Waals surface area (Å²) >= 11 is 0. The maximum atomic E-state index is 12.7. The number of nitrogens with one attached hydrogen (secondary N) is 2. The number of hydrogen-bond donors (Lipinski definition) is 2. The van der Waals surface area contributed by atoms with Gasteiger partial charge in [-0.2, -0.15) is 15.0 Å². The van der Waals surface area contributed by atoms with Crippen molar-refractivity contribution in [2.24, 2.45) is 0 Å².